The Morgan fingerprint density at radius 3 is 2.71 bits per heavy atom. The van der Waals surface area contributed by atoms with E-state index in [1.54, 1.807) is 14.2 Å². The van der Waals surface area contributed by atoms with Crippen LogP contribution in [0.3, 0.4) is 0 Å². The zero-order chi connectivity index (χ0) is 15.5. The zero-order valence-corrected chi connectivity index (χ0v) is 12.9. The Morgan fingerprint density at radius 1 is 1.24 bits per heavy atom. The van der Waals surface area contributed by atoms with Gasteiger partial charge in [-0.25, -0.2) is 0 Å². The molecular formula is C15H24N2O4. The van der Waals surface area contributed by atoms with E-state index in [-0.39, 0.29) is 12.5 Å². The number of carbonyl (C=O) groups is 1. The summed E-state index contributed by atoms with van der Waals surface area (Å²) in [5.74, 6) is 1.32. The van der Waals surface area contributed by atoms with Gasteiger partial charge in [-0.2, -0.15) is 0 Å². The maximum absolute atomic E-state index is 11.6. The number of nitrogens with one attached hydrogen (secondary N) is 2. The van der Waals surface area contributed by atoms with Gasteiger partial charge in [0.05, 0.1) is 26.9 Å². The second-order valence-corrected chi connectivity index (χ2v) is 4.36. The van der Waals surface area contributed by atoms with E-state index >= 15 is 0 Å². The number of benzene rings is 1. The molecular weight excluding hydrogens is 272 g/mol. The van der Waals surface area contributed by atoms with Crippen LogP contribution < -0.4 is 20.1 Å². The highest BCUT2D eigenvalue weighted by molar-refractivity contribution is 5.77. The van der Waals surface area contributed by atoms with Gasteiger partial charge in [0.2, 0.25) is 5.91 Å². The Hall–Kier alpha value is -1.79. The standard InChI is InChI=1S/C15H24N2O4/c1-4-21-14-9-12(5-6-13(14)20-3)10-17-15(18)11-16-7-8-19-2/h5-6,9,16H,4,7-8,10-11H2,1-3H3,(H,17,18). The lowest BCUT2D eigenvalue weighted by Gasteiger charge is -2.12. The Bertz CT molecular complexity index is 438. The SMILES string of the molecule is CCOc1cc(CNC(=O)CNCCOC)ccc1OC. The number of hydrogen-bond acceptors (Lipinski definition) is 5. The minimum absolute atomic E-state index is 0.0557. The van der Waals surface area contributed by atoms with Crippen molar-refractivity contribution in [3.8, 4) is 11.5 Å². The summed E-state index contributed by atoms with van der Waals surface area (Å²) in [4.78, 5) is 11.6. The summed E-state index contributed by atoms with van der Waals surface area (Å²) in [6.07, 6.45) is 0. The molecule has 2 N–H and O–H groups in total. The fourth-order valence-electron chi connectivity index (χ4n) is 1.74. The molecule has 118 valence electrons. The monoisotopic (exact) mass is 296 g/mol. The molecule has 1 rings (SSSR count). The molecule has 0 aliphatic rings. The summed E-state index contributed by atoms with van der Waals surface area (Å²) in [7, 11) is 3.23. The quantitative estimate of drug-likeness (QED) is 0.629. The average molecular weight is 296 g/mol. The highest BCUT2D eigenvalue weighted by atomic mass is 16.5. The highest BCUT2D eigenvalue weighted by Gasteiger charge is 2.06. The van der Waals surface area contributed by atoms with E-state index < -0.39 is 0 Å². The van der Waals surface area contributed by atoms with Crippen molar-refractivity contribution in [1.29, 1.82) is 0 Å². The van der Waals surface area contributed by atoms with Crippen molar-refractivity contribution in [2.45, 2.75) is 13.5 Å². The minimum atomic E-state index is -0.0557. The first-order valence-electron chi connectivity index (χ1n) is 6.97. The molecule has 0 heterocycles. The largest absolute Gasteiger partial charge is 0.493 e. The molecule has 0 aromatic heterocycles. The van der Waals surface area contributed by atoms with Crippen LogP contribution in [0, 0.1) is 0 Å². The molecule has 0 radical (unpaired) electrons. The summed E-state index contributed by atoms with van der Waals surface area (Å²) in [6.45, 7) is 4.45. The molecule has 1 aromatic rings. The maximum atomic E-state index is 11.6. The number of carbonyl (C=O) groups excluding carboxylic acids is 1. The molecule has 1 aromatic carbocycles. The molecule has 6 nitrogen and oxygen atoms in total. The van der Waals surface area contributed by atoms with Crippen LogP contribution in [0.5, 0.6) is 11.5 Å². The van der Waals surface area contributed by atoms with Gasteiger partial charge in [-0.15, -0.1) is 0 Å². The second kappa shape index (κ2) is 10.0. The molecule has 0 unspecified atom stereocenters. The van der Waals surface area contributed by atoms with Gasteiger partial charge in [0.15, 0.2) is 11.5 Å². The first-order valence-corrected chi connectivity index (χ1v) is 6.97. The number of rotatable bonds is 10. The highest BCUT2D eigenvalue weighted by Crippen LogP contribution is 2.27. The Morgan fingerprint density at radius 2 is 2.05 bits per heavy atom. The van der Waals surface area contributed by atoms with Crippen LogP contribution in [0.25, 0.3) is 0 Å². The van der Waals surface area contributed by atoms with Crippen LogP contribution in [-0.2, 0) is 16.1 Å². The fourth-order valence-corrected chi connectivity index (χ4v) is 1.74. The number of hydrogen-bond donors (Lipinski definition) is 2. The van der Waals surface area contributed by atoms with Crippen molar-refractivity contribution in [3.05, 3.63) is 23.8 Å². The van der Waals surface area contributed by atoms with E-state index in [1.165, 1.54) is 0 Å². The smallest absolute Gasteiger partial charge is 0.234 e. The normalized spacial score (nSPS) is 10.2. The van der Waals surface area contributed by atoms with Gasteiger partial charge in [-0.05, 0) is 24.6 Å². The van der Waals surface area contributed by atoms with E-state index in [4.69, 9.17) is 14.2 Å². The van der Waals surface area contributed by atoms with Crippen molar-refractivity contribution in [1.82, 2.24) is 10.6 Å². The molecule has 0 spiro atoms. The average Bonchev–Trinajstić information content (AvgIpc) is 2.50. The lowest BCUT2D eigenvalue weighted by molar-refractivity contribution is -0.120. The van der Waals surface area contributed by atoms with Crippen molar-refractivity contribution >= 4 is 5.91 Å². The molecule has 0 fully saturated rings. The van der Waals surface area contributed by atoms with Gasteiger partial charge < -0.3 is 24.8 Å². The molecule has 6 heteroatoms. The van der Waals surface area contributed by atoms with Gasteiger partial charge >= 0.3 is 0 Å². The van der Waals surface area contributed by atoms with Crippen molar-refractivity contribution < 1.29 is 19.0 Å². The predicted molar refractivity (Wildman–Crippen MR) is 80.8 cm³/mol. The molecule has 21 heavy (non-hydrogen) atoms. The van der Waals surface area contributed by atoms with E-state index in [2.05, 4.69) is 10.6 Å². The van der Waals surface area contributed by atoms with Crippen LogP contribution in [0.2, 0.25) is 0 Å². The fraction of sp³-hybridized carbons (Fsp3) is 0.533. The van der Waals surface area contributed by atoms with Crippen molar-refractivity contribution in [3.63, 3.8) is 0 Å². The first-order chi connectivity index (χ1) is 10.2. The molecule has 0 saturated heterocycles. The molecule has 1 amide bonds. The van der Waals surface area contributed by atoms with Crippen LogP contribution >= 0.6 is 0 Å². The molecule has 0 bridgehead atoms. The summed E-state index contributed by atoms with van der Waals surface area (Å²) in [5, 5.41) is 5.83. The van der Waals surface area contributed by atoms with E-state index in [9.17, 15) is 4.79 Å². The Labute approximate surface area is 125 Å². The van der Waals surface area contributed by atoms with Crippen LogP contribution in [0.4, 0.5) is 0 Å². The van der Waals surface area contributed by atoms with Crippen LogP contribution in [-0.4, -0.2) is 46.4 Å². The Kier molecular flexibility index (Phi) is 8.23. The molecule has 0 aliphatic heterocycles. The second-order valence-electron chi connectivity index (χ2n) is 4.36. The Balaban J connectivity index is 2.44. The third-order valence-electron chi connectivity index (χ3n) is 2.79. The minimum Gasteiger partial charge on any atom is -0.493 e. The molecule has 0 saturated carbocycles. The van der Waals surface area contributed by atoms with Crippen LogP contribution in [0.1, 0.15) is 12.5 Å². The number of methoxy groups -OCH3 is 2. The van der Waals surface area contributed by atoms with Crippen molar-refractivity contribution in [2.24, 2.45) is 0 Å². The van der Waals surface area contributed by atoms with E-state index in [1.807, 2.05) is 25.1 Å². The van der Waals surface area contributed by atoms with Crippen molar-refractivity contribution in [2.75, 3.05) is 40.5 Å². The summed E-state index contributed by atoms with van der Waals surface area (Å²) in [6, 6.07) is 5.62. The summed E-state index contributed by atoms with van der Waals surface area (Å²) >= 11 is 0. The van der Waals surface area contributed by atoms with E-state index in [0.29, 0.717) is 37.8 Å². The number of amides is 1. The third kappa shape index (κ3) is 6.46. The van der Waals surface area contributed by atoms with Gasteiger partial charge in [-0.3, -0.25) is 4.79 Å². The van der Waals surface area contributed by atoms with Gasteiger partial charge in [0, 0.05) is 20.2 Å². The van der Waals surface area contributed by atoms with E-state index in [0.717, 1.165) is 5.56 Å². The van der Waals surface area contributed by atoms with Gasteiger partial charge in [0.25, 0.3) is 0 Å². The van der Waals surface area contributed by atoms with Gasteiger partial charge in [0.1, 0.15) is 0 Å². The number of ether oxygens (including phenoxy) is 3. The zero-order valence-electron chi connectivity index (χ0n) is 12.9. The predicted octanol–water partition coefficient (Wildman–Crippen LogP) is 0.946. The van der Waals surface area contributed by atoms with Gasteiger partial charge in [-0.1, -0.05) is 6.07 Å². The lowest BCUT2D eigenvalue weighted by atomic mass is 10.2. The lowest BCUT2D eigenvalue weighted by Crippen LogP contribution is -2.34. The third-order valence-corrected chi connectivity index (χ3v) is 2.79. The molecule has 0 aliphatic carbocycles. The topological polar surface area (TPSA) is 68.8 Å². The molecule has 0 atom stereocenters. The van der Waals surface area contributed by atoms with Crippen LogP contribution in [0.15, 0.2) is 18.2 Å². The maximum Gasteiger partial charge on any atom is 0.234 e. The first kappa shape index (κ1) is 17.3. The summed E-state index contributed by atoms with van der Waals surface area (Å²) < 4.78 is 15.6. The summed E-state index contributed by atoms with van der Waals surface area (Å²) in [5.41, 5.74) is 0.962.